The Labute approximate surface area is 75.7 Å². The maximum atomic E-state index is 11.0. The maximum Gasteiger partial charge on any atom is 0.228 e. The van der Waals surface area contributed by atoms with Gasteiger partial charge in [-0.3, -0.25) is 4.79 Å². The van der Waals surface area contributed by atoms with Gasteiger partial charge in [0.1, 0.15) is 5.75 Å². The Hall–Kier alpha value is -1.71. The highest BCUT2D eigenvalue weighted by Gasteiger charge is 2.20. The van der Waals surface area contributed by atoms with Gasteiger partial charge in [0.25, 0.3) is 0 Å². The number of hydrogen-bond donors (Lipinski definition) is 2. The van der Waals surface area contributed by atoms with Gasteiger partial charge in [0.15, 0.2) is 0 Å². The fourth-order valence-electron chi connectivity index (χ4n) is 1.46. The summed E-state index contributed by atoms with van der Waals surface area (Å²) in [5.74, 6) is 0.669. The molecule has 0 atom stereocenters. The third-order valence-electron chi connectivity index (χ3n) is 2.08. The lowest BCUT2D eigenvalue weighted by molar-refractivity contribution is -0.115. The van der Waals surface area contributed by atoms with E-state index in [0.29, 0.717) is 17.9 Å². The molecule has 0 spiro atoms. The van der Waals surface area contributed by atoms with Gasteiger partial charge in [-0.05, 0) is 11.6 Å². The molecule has 0 saturated heterocycles. The second-order valence-corrected chi connectivity index (χ2v) is 2.98. The fraction of sp³-hybridized carbons (Fsp3) is 0.222. The standard InChI is InChI=1S/C9H10N2O2/c1-13-6-2-5-3-8(12)11-9(5)7(10)4-6/h2,4H,3,10H2,1H3,(H,11,12). The van der Waals surface area contributed by atoms with Crippen LogP contribution in [0.1, 0.15) is 5.56 Å². The van der Waals surface area contributed by atoms with Crippen LogP contribution in [0.3, 0.4) is 0 Å². The zero-order chi connectivity index (χ0) is 9.42. The first-order valence-corrected chi connectivity index (χ1v) is 3.97. The molecule has 1 aromatic carbocycles. The van der Waals surface area contributed by atoms with Gasteiger partial charge in [-0.15, -0.1) is 0 Å². The van der Waals surface area contributed by atoms with E-state index in [1.54, 1.807) is 13.2 Å². The average Bonchev–Trinajstić information content (AvgIpc) is 2.46. The van der Waals surface area contributed by atoms with E-state index in [9.17, 15) is 4.79 Å². The average molecular weight is 178 g/mol. The van der Waals surface area contributed by atoms with E-state index in [4.69, 9.17) is 10.5 Å². The Morgan fingerprint density at radius 1 is 1.54 bits per heavy atom. The van der Waals surface area contributed by atoms with Gasteiger partial charge in [0.05, 0.1) is 24.9 Å². The number of anilines is 2. The molecule has 0 aliphatic carbocycles. The van der Waals surface area contributed by atoms with Crippen molar-refractivity contribution < 1.29 is 9.53 Å². The summed E-state index contributed by atoms with van der Waals surface area (Å²) in [4.78, 5) is 11.0. The van der Waals surface area contributed by atoms with Crippen molar-refractivity contribution in [3.63, 3.8) is 0 Å². The van der Waals surface area contributed by atoms with Crippen molar-refractivity contribution in [3.8, 4) is 5.75 Å². The molecule has 3 N–H and O–H groups in total. The summed E-state index contributed by atoms with van der Waals surface area (Å²) in [5.41, 5.74) is 7.90. The Balaban J connectivity index is 2.52. The van der Waals surface area contributed by atoms with Gasteiger partial charge >= 0.3 is 0 Å². The first-order valence-electron chi connectivity index (χ1n) is 3.97. The minimum Gasteiger partial charge on any atom is -0.497 e. The van der Waals surface area contributed by atoms with Gasteiger partial charge in [0.2, 0.25) is 5.91 Å². The quantitative estimate of drug-likeness (QED) is 0.624. The SMILES string of the molecule is COc1cc(N)c2c(c1)CC(=O)N2. The molecule has 1 aliphatic rings. The Morgan fingerprint density at radius 3 is 3.00 bits per heavy atom. The molecule has 4 heteroatoms. The molecule has 4 nitrogen and oxygen atoms in total. The highest BCUT2D eigenvalue weighted by Crippen LogP contribution is 2.33. The van der Waals surface area contributed by atoms with Crippen molar-refractivity contribution in [1.29, 1.82) is 0 Å². The van der Waals surface area contributed by atoms with Gasteiger partial charge < -0.3 is 15.8 Å². The number of rotatable bonds is 1. The highest BCUT2D eigenvalue weighted by molar-refractivity contribution is 6.02. The normalized spacial score (nSPS) is 13.8. The van der Waals surface area contributed by atoms with E-state index in [1.807, 2.05) is 6.07 Å². The van der Waals surface area contributed by atoms with E-state index in [2.05, 4.69) is 5.32 Å². The molecule has 1 amide bonds. The van der Waals surface area contributed by atoms with Gasteiger partial charge in [-0.2, -0.15) is 0 Å². The minimum atomic E-state index is -0.0186. The smallest absolute Gasteiger partial charge is 0.228 e. The zero-order valence-corrected chi connectivity index (χ0v) is 7.26. The van der Waals surface area contributed by atoms with E-state index >= 15 is 0 Å². The van der Waals surface area contributed by atoms with Gasteiger partial charge in [-0.25, -0.2) is 0 Å². The van der Waals surface area contributed by atoms with Crippen LogP contribution in [-0.2, 0) is 11.2 Å². The molecule has 0 saturated carbocycles. The summed E-state index contributed by atoms with van der Waals surface area (Å²) in [7, 11) is 1.57. The van der Waals surface area contributed by atoms with E-state index in [1.165, 1.54) is 0 Å². The number of carbonyl (C=O) groups excluding carboxylic acids is 1. The Morgan fingerprint density at radius 2 is 2.31 bits per heavy atom. The fourth-order valence-corrected chi connectivity index (χ4v) is 1.46. The lowest BCUT2D eigenvalue weighted by Gasteiger charge is -2.06. The van der Waals surface area contributed by atoms with Crippen LogP contribution in [0.4, 0.5) is 11.4 Å². The Kier molecular flexibility index (Phi) is 1.62. The van der Waals surface area contributed by atoms with Crippen LogP contribution < -0.4 is 15.8 Å². The van der Waals surface area contributed by atoms with Crippen molar-refractivity contribution in [2.75, 3.05) is 18.2 Å². The van der Waals surface area contributed by atoms with Crippen molar-refractivity contribution >= 4 is 17.3 Å². The molecule has 13 heavy (non-hydrogen) atoms. The van der Waals surface area contributed by atoms with Crippen LogP contribution in [0.5, 0.6) is 5.75 Å². The summed E-state index contributed by atoms with van der Waals surface area (Å²) in [6.07, 6.45) is 0.386. The van der Waals surface area contributed by atoms with Crippen molar-refractivity contribution in [2.24, 2.45) is 0 Å². The first kappa shape index (κ1) is 7.91. The summed E-state index contributed by atoms with van der Waals surface area (Å²) in [5, 5.41) is 2.70. The van der Waals surface area contributed by atoms with E-state index in [0.717, 1.165) is 11.3 Å². The molecule has 68 valence electrons. The molecule has 0 unspecified atom stereocenters. The summed E-state index contributed by atoms with van der Waals surface area (Å²) < 4.78 is 5.04. The number of fused-ring (bicyclic) bond motifs is 1. The van der Waals surface area contributed by atoms with Crippen LogP contribution in [-0.4, -0.2) is 13.0 Å². The monoisotopic (exact) mass is 178 g/mol. The summed E-state index contributed by atoms with van der Waals surface area (Å²) >= 11 is 0. The third-order valence-corrected chi connectivity index (χ3v) is 2.08. The molecule has 2 rings (SSSR count). The van der Waals surface area contributed by atoms with E-state index in [-0.39, 0.29) is 5.91 Å². The minimum absolute atomic E-state index is 0.0186. The lowest BCUT2D eigenvalue weighted by Crippen LogP contribution is -2.04. The van der Waals surface area contributed by atoms with Crippen LogP contribution in [0.25, 0.3) is 0 Å². The summed E-state index contributed by atoms with van der Waals surface area (Å²) in [6, 6.07) is 3.52. The molecule has 0 aromatic heterocycles. The number of nitrogens with two attached hydrogens (primary N) is 1. The molecule has 0 fully saturated rings. The second-order valence-electron chi connectivity index (χ2n) is 2.98. The second kappa shape index (κ2) is 2.65. The number of hydrogen-bond acceptors (Lipinski definition) is 3. The number of nitrogens with one attached hydrogen (secondary N) is 1. The first-order chi connectivity index (χ1) is 6.20. The van der Waals surface area contributed by atoms with Crippen LogP contribution in [0, 0.1) is 0 Å². The maximum absolute atomic E-state index is 11.0. The number of benzene rings is 1. The number of methoxy groups -OCH3 is 1. The molecule has 0 bridgehead atoms. The molecule has 0 radical (unpaired) electrons. The molecule has 1 aliphatic heterocycles. The molecule has 1 heterocycles. The topological polar surface area (TPSA) is 64.3 Å². The predicted octanol–water partition coefficient (Wildman–Crippen LogP) is 0.772. The van der Waals surface area contributed by atoms with E-state index < -0.39 is 0 Å². The number of carbonyl (C=O) groups is 1. The van der Waals surface area contributed by atoms with Crippen molar-refractivity contribution in [3.05, 3.63) is 17.7 Å². The van der Waals surface area contributed by atoms with Crippen LogP contribution in [0.15, 0.2) is 12.1 Å². The molecular weight excluding hydrogens is 168 g/mol. The van der Waals surface area contributed by atoms with Crippen molar-refractivity contribution in [2.45, 2.75) is 6.42 Å². The van der Waals surface area contributed by atoms with Gasteiger partial charge in [-0.1, -0.05) is 0 Å². The summed E-state index contributed by atoms with van der Waals surface area (Å²) in [6.45, 7) is 0. The van der Waals surface area contributed by atoms with Crippen LogP contribution >= 0.6 is 0 Å². The largest absolute Gasteiger partial charge is 0.497 e. The third kappa shape index (κ3) is 1.20. The number of ether oxygens (including phenoxy) is 1. The van der Waals surface area contributed by atoms with Crippen molar-refractivity contribution in [1.82, 2.24) is 0 Å². The lowest BCUT2D eigenvalue weighted by atomic mass is 10.1. The molecular formula is C9H10N2O2. The molecule has 1 aromatic rings. The number of amides is 1. The van der Waals surface area contributed by atoms with Crippen LogP contribution in [0.2, 0.25) is 0 Å². The number of nitrogen functional groups attached to an aromatic ring is 1. The van der Waals surface area contributed by atoms with Gasteiger partial charge in [0, 0.05) is 6.07 Å². The predicted molar refractivity (Wildman–Crippen MR) is 49.7 cm³/mol. The Bertz CT molecular complexity index is 374. The zero-order valence-electron chi connectivity index (χ0n) is 7.26. The highest BCUT2D eigenvalue weighted by atomic mass is 16.5.